The molecule has 3 aromatic carbocycles. The Morgan fingerprint density at radius 1 is 0.875 bits per heavy atom. The lowest BCUT2D eigenvalue weighted by Crippen LogP contribution is -2.21. The van der Waals surface area contributed by atoms with Crippen LogP contribution >= 0.6 is 0 Å². The molecule has 0 saturated carbocycles. The normalized spacial score (nSPS) is 11.7. The van der Waals surface area contributed by atoms with E-state index < -0.39 is 0 Å². The SMILES string of the molecule is CCCCCCC(CC(=N)CCC)Oc1cc(OCc2ccccc2)c(C=O)c(-c2ccc(OC(C)C)cc2)c1. The van der Waals surface area contributed by atoms with Crippen molar-refractivity contribution in [2.45, 2.75) is 97.9 Å². The molecule has 0 amide bonds. The minimum Gasteiger partial charge on any atom is -0.491 e. The van der Waals surface area contributed by atoms with Crippen molar-refractivity contribution in [3.8, 4) is 28.4 Å². The van der Waals surface area contributed by atoms with Crippen molar-refractivity contribution >= 4 is 12.0 Å². The first-order chi connectivity index (χ1) is 19.4. The van der Waals surface area contributed by atoms with Gasteiger partial charge in [-0.25, -0.2) is 0 Å². The lowest BCUT2D eigenvalue weighted by molar-refractivity contribution is 0.111. The maximum absolute atomic E-state index is 12.4. The Kier molecular flexibility index (Phi) is 12.8. The van der Waals surface area contributed by atoms with Crippen LogP contribution in [0.4, 0.5) is 0 Å². The summed E-state index contributed by atoms with van der Waals surface area (Å²) in [6.07, 6.45) is 8.65. The molecule has 0 aliphatic carbocycles. The topological polar surface area (TPSA) is 68.6 Å². The van der Waals surface area contributed by atoms with Crippen molar-refractivity contribution in [3.63, 3.8) is 0 Å². The van der Waals surface area contributed by atoms with E-state index in [9.17, 15) is 4.79 Å². The summed E-state index contributed by atoms with van der Waals surface area (Å²) >= 11 is 0. The number of carbonyl (C=O) groups is 1. The first-order valence-corrected chi connectivity index (χ1v) is 14.7. The van der Waals surface area contributed by atoms with Gasteiger partial charge in [0.05, 0.1) is 11.7 Å². The van der Waals surface area contributed by atoms with E-state index in [1.165, 1.54) is 12.8 Å². The minimum atomic E-state index is -0.102. The summed E-state index contributed by atoms with van der Waals surface area (Å²) in [5.74, 6) is 1.92. The van der Waals surface area contributed by atoms with Crippen LogP contribution in [0.3, 0.4) is 0 Å². The fourth-order valence-electron chi connectivity index (χ4n) is 4.74. The summed E-state index contributed by atoms with van der Waals surface area (Å²) in [6, 6.07) is 21.4. The van der Waals surface area contributed by atoms with Crippen LogP contribution in [0, 0.1) is 5.41 Å². The number of hydrogen-bond acceptors (Lipinski definition) is 5. The van der Waals surface area contributed by atoms with E-state index in [4.69, 9.17) is 19.6 Å². The highest BCUT2D eigenvalue weighted by atomic mass is 16.5. The van der Waals surface area contributed by atoms with Crippen molar-refractivity contribution in [1.29, 1.82) is 5.41 Å². The number of ether oxygens (including phenoxy) is 3. The van der Waals surface area contributed by atoms with Crippen molar-refractivity contribution < 1.29 is 19.0 Å². The second kappa shape index (κ2) is 16.5. The molecule has 0 heterocycles. The lowest BCUT2D eigenvalue weighted by atomic mass is 9.98. The van der Waals surface area contributed by atoms with Crippen LogP contribution in [0.25, 0.3) is 11.1 Å². The molecule has 1 atom stereocenters. The van der Waals surface area contributed by atoms with Gasteiger partial charge < -0.3 is 19.6 Å². The van der Waals surface area contributed by atoms with Crippen LogP contribution in [-0.2, 0) is 6.61 Å². The summed E-state index contributed by atoms with van der Waals surface area (Å²) in [5.41, 5.74) is 3.85. The molecule has 3 rings (SSSR count). The molecule has 0 saturated heterocycles. The van der Waals surface area contributed by atoms with Gasteiger partial charge in [-0.15, -0.1) is 0 Å². The van der Waals surface area contributed by atoms with Crippen LogP contribution in [0.2, 0.25) is 0 Å². The molecule has 5 heteroatoms. The molecule has 0 radical (unpaired) electrons. The predicted octanol–water partition coefficient (Wildman–Crippen LogP) is 9.46. The van der Waals surface area contributed by atoms with Crippen LogP contribution in [0.1, 0.15) is 95.0 Å². The van der Waals surface area contributed by atoms with E-state index in [-0.39, 0.29) is 12.2 Å². The van der Waals surface area contributed by atoms with Gasteiger partial charge in [-0.3, -0.25) is 4.79 Å². The zero-order valence-corrected chi connectivity index (χ0v) is 24.6. The van der Waals surface area contributed by atoms with Crippen molar-refractivity contribution in [3.05, 3.63) is 77.9 Å². The first kappa shape index (κ1) is 30.9. The number of aldehydes is 1. The van der Waals surface area contributed by atoms with Crippen molar-refractivity contribution in [2.75, 3.05) is 0 Å². The molecule has 0 fully saturated rings. The minimum absolute atomic E-state index is 0.0757. The monoisotopic (exact) mass is 543 g/mol. The average Bonchev–Trinajstić information content (AvgIpc) is 2.94. The Labute approximate surface area is 240 Å². The van der Waals surface area contributed by atoms with Crippen LogP contribution in [0.15, 0.2) is 66.7 Å². The van der Waals surface area contributed by atoms with Crippen molar-refractivity contribution in [2.24, 2.45) is 0 Å². The quantitative estimate of drug-likeness (QED) is 0.0985. The van der Waals surface area contributed by atoms with Gasteiger partial charge in [0.2, 0.25) is 0 Å². The Morgan fingerprint density at radius 3 is 2.27 bits per heavy atom. The van der Waals surface area contributed by atoms with E-state index in [0.717, 1.165) is 60.8 Å². The second-order valence-electron chi connectivity index (χ2n) is 10.6. The standard InChI is InChI=1S/C35H45NO4/c1-5-7-8-12-16-31(21-29(36)13-6-2)40-32-22-33(28-17-19-30(20-18-28)39-26(3)4)34(24-37)35(23-32)38-25-27-14-10-9-11-15-27/h9-11,14-15,17-20,22-24,26,31,36H,5-8,12-13,16,21,25H2,1-4H3. The van der Waals surface area contributed by atoms with Gasteiger partial charge in [-0.1, -0.05) is 82.0 Å². The first-order valence-electron chi connectivity index (χ1n) is 14.7. The molecule has 40 heavy (non-hydrogen) atoms. The van der Waals surface area contributed by atoms with E-state index in [0.29, 0.717) is 35.8 Å². The van der Waals surface area contributed by atoms with E-state index in [2.05, 4.69) is 13.8 Å². The molecule has 0 bridgehead atoms. The number of benzene rings is 3. The molecule has 0 spiro atoms. The molecule has 0 aromatic heterocycles. The zero-order chi connectivity index (χ0) is 28.7. The number of carbonyl (C=O) groups excluding carboxylic acids is 1. The lowest BCUT2D eigenvalue weighted by Gasteiger charge is -2.22. The van der Waals surface area contributed by atoms with Gasteiger partial charge in [0.15, 0.2) is 6.29 Å². The highest BCUT2D eigenvalue weighted by molar-refractivity contribution is 5.92. The van der Waals surface area contributed by atoms with Gasteiger partial charge in [0, 0.05) is 18.2 Å². The molecule has 5 nitrogen and oxygen atoms in total. The third kappa shape index (κ3) is 9.86. The fourth-order valence-corrected chi connectivity index (χ4v) is 4.74. The third-order valence-corrected chi connectivity index (χ3v) is 6.72. The molecule has 0 aliphatic rings. The van der Waals surface area contributed by atoms with Crippen LogP contribution in [0.5, 0.6) is 17.2 Å². The second-order valence-corrected chi connectivity index (χ2v) is 10.6. The summed E-state index contributed by atoms with van der Waals surface area (Å²) in [5, 5.41) is 8.45. The average molecular weight is 544 g/mol. The fraction of sp³-hybridized carbons (Fsp3) is 0.429. The highest BCUT2D eigenvalue weighted by Gasteiger charge is 2.19. The Balaban J connectivity index is 1.97. The Morgan fingerprint density at radius 2 is 1.62 bits per heavy atom. The molecule has 3 aromatic rings. The van der Waals surface area contributed by atoms with E-state index >= 15 is 0 Å². The number of rotatable bonds is 18. The largest absolute Gasteiger partial charge is 0.491 e. The zero-order valence-electron chi connectivity index (χ0n) is 24.6. The summed E-state index contributed by atoms with van der Waals surface area (Å²) in [4.78, 5) is 12.4. The molecule has 0 aliphatic heterocycles. The summed E-state index contributed by atoms with van der Waals surface area (Å²) < 4.78 is 18.6. The molecule has 1 unspecified atom stereocenters. The number of unbranched alkanes of at least 4 members (excludes halogenated alkanes) is 3. The van der Waals surface area contributed by atoms with Gasteiger partial charge in [-0.2, -0.15) is 0 Å². The predicted molar refractivity (Wildman–Crippen MR) is 164 cm³/mol. The van der Waals surface area contributed by atoms with Gasteiger partial charge >= 0.3 is 0 Å². The molecular formula is C35H45NO4. The molecular weight excluding hydrogens is 498 g/mol. The van der Waals surface area contributed by atoms with Crippen LogP contribution < -0.4 is 14.2 Å². The van der Waals surface area contributed by atoms with Crippen molar-refractivity contribution in [1.82, 2.24) is 0 Å². The van der Waals surface area contributed by atoms with E-state index in [1.807, 2.05) is 80.6 Å². The number of nitrogens with one attached hydrogen (secondary N) is 1. The molecule has 214 valence electrons. The summed E-state index contributed by atoms with van der Waals surface area (Å²) in [7, 11) is 0. The highest BCUT2D eigenvalue weighted by Crippen LogP contribution is 2.36. The maximum atomic E-state index is 12.4. The van der Waals surface area contributed by atoms with Gasteiger partial charge in [0.25, 0.3) is 0 Å². The summed E-state index contributed by atoms with van der Waals surface area (Å²) in [6.45, 7) is 8.64. The maximum Gasteiger partial charge on any atom is 0.154 e. The Bertz CT molecular complexity index is 1190. The van der Waals surface area contributed by atoms with E-state index in [1.54, 1.807) is 0 Å². The third-order valence-electron chi connectivity index (χ3n) is 6.72. The van der Waals surface area contributed by atoms with Gasteiger partial charge in [-0.05, 0) is 68.0 Å². The smallest absolute Gasteiger partial charge is 0.154 e. The van der Waals surface area contributed by atoms with Crippen LogP contribution in [-0.4, -0.2) is 24.2 Å². The van der Waals surface area contributed by atoms with Gasteiger partial charge in [0.1, 0.15) is 30.0 Å². The molecule has 1 N–H and O–H groups in total. The number of hydrogen-bond donors (Lipinski definition) is 1. The Hall–Kier alpha value is -3.60.